The third-order valence-electron chi connectivity index (χ3n) is 3.88. The molecule has 23 heavy (non-hydrogen) atoms. The molecule has 120 valence electrons. The number of amides is 2. The minimum Gasteiger partial charge on any atom is -0.347 e. The van der Waals surface area contributed by atoms with E-state index in [0.29, 0.717) is 37.0 Å². The first kappa shape index (κ1) is 15.6. The number of imidazole rings is 1. The molecule has 0 aliphatic carbocycles. The van der Waals surface area contributed by atoms with Gasteiger partial charge in [0.25, 0.3) is 11.8 Å². The summed E-state index contributed by atoms with van der Waals surface area (Å²) in [6.07, 6.45) is 1.63. The van der Waals surface area contributed by atoms with Gasteiger partial charge in [0, 0.05) is 37.4 Å². The Kier molecular flexibility index (Phi) is 4.34. The van der Waals surface area contributed by atoms with Crippen LogP contribution in [0, 0.1) is 0 Å². The van der Waals surface area contributed by atoms with Crippen molar-refractivity contribution in [2.75, 3.05) is 13.1 Å². The predicted molar refractivity (Wildman–Crippen MR) is 86.4 cm³/mol. The molecule has 7 heteroatoms. The zero-order valence-electron chi connectivity index (χ0n) is 12.8. The van der Waals surface area contributed by atoms with Crippen LogP contribution in [0.1, 0.15) is 33.6 Å². The number of nitrogens with zero attached hydrogens (tertiary/aromatic N) is 3. The summed E-state index contributed by atoms with van der Waals surface area (Å²) in [5, 5.41) is 3.38. The van der Waals surface area contributed by atoms with Crippen molar-refractivity contribution in [3.05, 3.63) is 52.6 Å². The fourth-order valence-electron chi connectivity index (χ4n) is 2.55. The Hall–Kier alpha value is -2.34. The van der Waals surface area contributed by atoms with Gasteiger partial charge in [0.15, 0.2) is 5.82 Å². The monoisotopic (exact) mass is 332 g/mol. The number of likely N-dealkylation sites (N-methyl/N-ethyl adjacent to an activating group) is 1. The number of carbonyl (C=O) groups is 2. The largest absolute Gasteiger partial charge is 0.347 e. The van der Waals surface area contributed by atoms with Gasteiger partial charge in [-0.15, -0.1) is 0 Å². The minimum absolute atomic E-state index is 0.135. The summed E-state index contributed by atoms with van der Waals surface area (Å²) in [5.74, 6) is -0.132. The summed E-state index contributed by atoms with van der Waals surface area (Å²) >= 11 is 6.07. The van der Waals surface area contributed by atoms with E-state index in [1.807, 2.05) is 25.1 Å². The van der Waals surface area contributed by atoms with Crippen molar-refractivity contribution in [1.29, 1.82) is 0 Å². The number of benzene rings is 1. The average molecular weight is 333 g/mol. The minimum atomic E-state index is -0.317. The van der Waals surface area contributed by atoms with E-state index in [0.717, 1.165) is 5.56 Å². The van der Waals surface area contributed by atoms with Gasteiger partial charge in [-0.2, -0.15) is 0 Å². The van der Waals surface area contributed by atoms with Crippen LogP contribution in [-0.4, -0.2) is 39.4 Å². The van der Waals surface area contributed by atoms with Gasteiger partial charge < -0.3 is 14.8 Å². The smallest absolute Gasteiger partial charge is 0.289 e. The van der Waals surface area contributed by atoms with Crippen molar-refractivity contribution in [3.63, 3.8) is 0 Å². The molecule has 0 spiro atoms. The Bertz CT molecular complexity index is 756. The zero-order chi connectivity index (χ0) is 16.4. The van der Waals surface area contributed by atoms with Crippen LogP contribution < -0.4 is 5.32 Å². The van der Waals surface area contributed by atoms with Crippen molar-refractivity contribution >= 4 is 23.4 Å². The van der Waals surface area contributed by atoms with E-state index in [9.17, 15) is 9.59 Å². The number of hydrogen-bond donors (Lipinski definition) is 1. The topological polar surface area (TPSA) is 67.2 Å². The standard InChI is InChI=1S/C16H17ClN4O2/c1-2-20-7-8-21-10-13(19-14(21)16(20)23)15(22)18-9-11-5-3-4-6-12(11)17/h3-6,10H,2,7-9H2,1H3,(H,18,22). The van der Waals surface area contributed by atoms with E-state index in [4.69, 9.17) is 11.6 Å². The third kappa shape index (κ3) is 3.07. The lowest BCUT2D eigenvalue weighted by Crippen LogP contribution is -2.40. The van der Waals surface area contributed by atoms with Gasteiger partial charge in [0.2, 0.25) is 0 Å². The van der Waals surface area contributed by atoms with Crippen molar-refractivity contribution in [1.82, 2.24) is 19.8 Å². The summed E-state index contributed by atoms with van der Waals surface area (Å²) in [5.41, 5.74) is 1.08. The lowest BCUT2D eigenvalue weighted by Gasteiger charge is -2.25. The van der Waals surface area contributed by atoms with Crippen molar-refractivity contribution < 1.29 is 9.59 Å². The van der Waals surface area contributed by atoms with Crippen LogP contribution in [0.5, 0.6) is 0 Å². The SMILES string of the molecule is CCN1CCn2cc(C(=O)NCc3ccccc3Cl)nc2C1=O. The summed E-state index contributed by atoms with van der Waals surface area (Å²) in [6.45, 7) is 4.17. The van der Waals surface area contributed by atoms with E-state index < -0.39 is 0 Å². The molecule has 1 aliphatic heterocycles. The highest BCUT2D eigenvalue weighted by Crippen LogP contribution is 2.15. The Morgan fingerprint density at radius 3 is 2.87 bits per heavy atom. The summed E-state index contributed by atoms with van der Waals surface area (Å²) in [7, 11) is 0. The van der Waals surface area contributed by atoms with Gasteiger partial charge >= 0.3 is 0 Å². The molecule has 0 saturated heterocycles. The lowest BCUT2D eigenvalue weighted by atomic mass is 10.2. The molecule has 1 aromatic heterocycles. The number of aromatic nitrogens is 2. The van der Waals surface area contributed by atoms with Crippen LogP contribution in [0.2, 0.25) is 5.02 Å². The molecule has 2 amide bonds. The number of carbonyl (C=O) groups excluding carboxylic acids is 2. The van der Waals surface area contributed by atoms with Gasteiger partial charge in [-0.25, -0.2) is 4.98 Å². The van der Waals surface area contributed by atoms with Crippen molar-refractivity contribution in [2.24, 2.45) is 0 Å². The fourth-order valence-corrected chi connectivity index (χ4v) is 2.75. The van der Waals surface area contributed by atoms with Gasteiger partial charge in [0.1, 0.15) is 5.69 Å². The first-order valence-corrected chi connectivity index (χ1v) is 7.86. The maximum atomic E-state index is 12.2. The molecule has 3 rings (SSSR count). The maximum Gasteiger partial charge on any atom is 0.289 e. The average Bonchev–Trinajstić information content (AvgIpc) is 2.99. The highest BCUT2D eigenvalue weighted by molar-refractivity contribution is 6.31. The molecule has 0 radical (unpaired) electrons. The quantitative estimate of drug-likeness (QED) is 0.930. The second-order valence-corrected chi connectivity index (χ2v) is 5.71. The Morgan fingerprint density at radius 1 is 1.35 bits per heavy atom. The molecular formula is C16H17ClN4O2. The molecular weight excluding hydrogens is 316 g/mol. The van der Waals surface area contributed by atoms with Crippen molar-refractivity contribution in [3.8, 4) is 0 Å². The molecule has 0 atom stereocenters. The van der Waals surface area contributed by atoms with Crippen molar-refractivity contribution in [2.45, 2.75) is 20.0 Å². The van der Waals surface area contributed by atoms with Crippen LogP contribution >= 0.6 is 11.6 Å². The lowest BCUT2D eigenvalue weighted by molar-refractivity contribution is 0.0707. The highest BCUT2D eigenvalue weighted by Gasteiger charge is 2.27. The van der Waals surface area contributed by atoms with E-state index in [-0.39, 0.29) is 17.5 Å². The maximum absolute atomic E-state index is 12.2. The van der Waals surface area contributed by atoms with E-state index in [2.05, 4.69) is 10.3 Å². The van der Waals surface area contributed by atoms with Crippen LogP contribution in [-0.2, 0) is 13.1 Å². The Morgan fingerprint density at radius 2 is 2.13 bits per heavy atom. The number of nitrogens with one attached hydrogen (secondary N) is 1. The number of rotatable bonds is 4. The van der Waals surface area contributed by atoms with Gasteiger partial charge in [-0.1, -0.05) is 29.8 Å². The van der Waals surface area contributed by atoms with Crippen LogP contribution in [0.3, 0.4) is 0 Å². The summed E-state index contributed by atoms with van der Waals surface area (Å²) < 4.78 is 1.74. The highest BCUT2D eigenvalue weighted by atomic mass is 35.5. The fraction of sp³-hybridized carbons (Fsp3) is 0.312. The van der Waals surface area contributed by atoms with Gasteiger partial charge in [-0.05, 0) is 18.6 Å². The third-order valence-corrected chi connectivity index (χ3v) is 4.25. The summed E-state index contributed by atoms with van der Waals surface area (Å²) in [4.78, 5) is 30.4. The van der Waals surface area contributed by atoms with E-state index in [1.54, 1.807) is 21.7 Å². The molecule has 1 N–H and O–H groups in total. The summed E-state index contributed by atoms with van der Waals surface area (Å²) in [6, 6.07) is 7.32. The zero-order valence-corrected chi connectivity index (χ0v) is 13.5. The molecule has 0 fully saturated rings. The normalized spacial score (nSPS) is 13.8. The van der Waals surface area contributed by atoms with E-state index in [1.165, 1.54) is 0 Å². The van der Waals surface area contributed by atoms with Gasteiger partial charge in [0.05, 0.1) is 0 Å². The Labute approximate surface area is 139 Å². The first-order valence-electron chi connectivity index (χ1n) is 7.48. The second kappa shape index (κ2) is 6.42. The number of hydrogen-bond acceptors (Lipinski definition) is 3. The molecule has 6 nitrogen and oxygen atoms in total. The molecule has 0 unspecified atom stereocenters. The number of fused-ring (bicyclic) bond motifs is 1. The van der Waals surface area contributed by atoms with E-state index >= 15 is 0 Å². The van der Waals surface area contributed by atoms with Crippen LogP contribution in [0.25, 0.3) is 0 Å². The molecule has 0 bridgehead atoms. The first-order chi connectivity index (χ1) is 11.1. The second-order valence-electron chi connectivity index (χ2n) is 5.30. The van der Waals surface area contributed by atoms with Crippen LogP contribution in [0.4, 0.5) is 0 Å². The molecule has 1 aromatic carbocycles. The Balaban J connectivity index is 1.72. The molecule has 2 heterocycles. The predicted octanol–water partition coefficient (Wildman–Crippen LogP) is 1.94. The molecule has 1 aliphatic rings. The number of halogens is 1. The molecule has 0 saturated carbocycles. The molecule has 2 aromatic rings. The van der Waals surface area contributed by atoms with Gasteiger partial charge in [-0.3, -0.25) is 9.59 Å². The van der Waals surface area contributed by atoms with Crippen LogP contribution in [0.15, 0.2) is 30.5 Å².